The van der Waals surface area contributed by atoms with Gasteiger partial charge in [-0.15, -0.1) is 12.4 Å². The number of ether oxygens (including phenoxy) is 1. The van der Waals surface area contributed by atoms with Crippen molar-refractivity contribution in [3.05, 3.63) is 60.2 Å². The van der Waals surface area contributed by atoms with Crippen LogP contribution in [0.4, 0.5) is 5.69 Å². The van der Waals surface area contributed by atoms with Crippen molar-refractivity contribution >= 4 is 34.0 Å². The van der Waals surface area contributed by atoms with E-state index in [1.54, 1.807) is 37.4 Å². The number of para-hydroxylation sites is 1. The minimum Gasteiger partial charge on any atom is -0.383 e. The van der Waals surface area contributed by atoms with Crippen LogP contribution in [0.2, 0.25) is 0 Å². The summed E-state index contributed by atoms with van der Waals surface area (Å²) < 4.78 is 32.1. The Labute approximate surface area is 166 Å². The average Bonchev–Trinajstić information content (AvgIpc) is 2.65. The van der Waals surface area contributed by atoms with Crippen molar-refractivity contribution in [3.63, 3.8) is 0 Å². The molecule has 0 fully saturated rings. The molecule has 148 valence electrons. The Morgan fingerprint density at radius 2 is 1.63 bits per heavy atom. The van der Waals surface area contributed by atoms with E-state index in [1.807, 2.05) is 0 Å². The largest absolute Gasteiger partial charge is 0.383 e. The fraction of sp³-hybridized carbons (Fsp3) is 0.278. The van der Waals surface area contributed by atoms with Crippen LogP contribution < -0.4 is 15.4 Å². The molecule has 0 aliphatic heterocycles. The number of halogens is 1. The molecule has 2 aromatic rings. The minimum absolute atomic E-state index is 0. The molecule has 0 radical (unpaired) electrons. The molecule has 0 unspecified atom stereocenters. The van der Waals surface area contributed by atoms with Crippen LogP contribution in [0.15, 0.2) is 59.5 Å². The molecular weight excluding hydrogens is 390 g/mol. The predicted octanol–water partition coefficient (Wildman–Crippen LogP) is 1.87. The van der Waals surface area contributed by atoms with Crippen molar-refractivity contribution in [1.82, 2.24) is 10.6 Å². The quantitative estimate of drug-likeness (QED) is 0.517. The smallest absolute Gasteiger partial charge is 0.261 e. The Morgan fingerprint density at radius 3 is 2.26 bits per heavy atom. The second-order valence-electron chi connectivity index (χ2n) is 5.49. The highest BCUT2D eigenvalue weighted by atomic mass is 35.5. The number of hydrogen-bond acceptors (Lipinski definition) is 5. The molecule has 3 N–H and O–H groups in total. The summed E-state index contributed by atoms with van der Waals surface area (Å²) in [4.78, 5) is 12.2. The topological polar surface area (TPSA) is 96.5 Å². The van der Waals surface area contributed by atoms with Gasteiger partial charge in [-0.05, 0) is 36.4 Å². The summed E-state index contributed by atoms with van der Waals surface area (Å²) in [7, 11) is -2.06. The molecule has 0 bridgehead atoms. The Kier molecular flexibility index (Phi) is 9.81. The van der Waals surface area contributed by atoms with Crippen molar-refractivity contribution in [1.29, 1.82) is 0 Å². The Morgan fingerprint density at radius 1 is 0.963 bits per heavy atom. The van der Waals surface area contributed by atoms with E-state index < -0.39 is 10.0 Å². The van der Waals surface area contributed by atoms with E-state index in [1.165, 1.54) is 24.3 Å². The third kappa shape index (κ3) is 7.56. The van der Waals surface area contributed by atoms with Crippen LogP contribution in [-0.2, 0) is 14.8 Å². The molecule has 0 saturated carbocycles. The Balaban J connectivity index is 0.00000364. The highest BCUT2D eigenvalue weighted by Crippen LogP contribution is 2.16. The van der Waals surface area contributed by atoms with E-state index >= 15 is 0 Å². The zero-order chi connectivity index (χ0) is 18.8. The van der Waals surface area contributed by atoms with Gasteiger partial charge >= 0.3 is 0 Å². The molecule has 0 saturated heterocycles. The van der Waals surface area contributed by atoms with Crippen LogP contribution >= 0.6 is 12.4 Å². The van der Waals surface area contributed by atoms with Gasteiger partial charge in [0.1, 0.15) is 0 Å². The first-order chi connectivity index (χ1) is 12.5. The maximum atomic E-state index is 12.3. The predicted molar refractivity (Wildman–Crippen MR) is 108 cm³/mol. The van der Waals surface area contributed by atoms with E-state index in [-0.39, 0.29) is 23.2 Å². The van der Waals surface area contributed by atoms with Crippen molar-refractivity contribution in [2.75, 3.05) is 38.1 Å². The number of rotatable bonds is 10. The van der Waals surface area contributed by atoms with Gasteiger partial charge in [-0.25, -0.2) is 8.42 Å². The van der Waals surface area contributed by atoms with Gasteiger partial charge < -0.3 is 15.4 Å². The second kappa shape index (κ2) is 11.6. The van der Waals surface area contributed by atoms with Crippen LogP contribution in [0.5, 0.6) is 0 Å². The maximum Gasteiger partial charge on any atom is 0.261 e. The highest BCUT2D eigenvalue weighted by Gasteiger charge is 2.15. The molecule has 2 rings (SSSR count). The zero-order valence-corrected chi connectivity index (χ0v) is 16.6. The normalized spacial score (nSPS) is 10.7. The van der Waals surface area contributed by atoms with Crippen molar-refractivity contribution in [2.24, 2.45) is 0 Å². The first-order valence-electron chi connectivity index (χ1n) is 8.19. The minimum atomic E-state index is -3.69. The summed E-state index contributed by atoms with van der Waals surface area (Å²) in [6.45, 7) is 2.43. The van der Waals surface area contributed by atoms with Crippen molar-refractivity contribution in [3.8, 4) is 0 Å². The number of sulfonamides is 1. The number of amides is 1. The summed E-state index contributed by atoms with van der Waals surface area (Å²) in [6, 6.07) is 14.4. The summed E-state index contributed by atoms with van der Waals surface area (Å²) in [5.74, 6) is -0.251. The van der Waals surface area contributed by atoms with Crippen LogP contribution in [0.25, 0.3) is 0 Å². The molecular formula is C18H24ClN3O4S. The molecule has 1 amide bonds. The Bertz CT molecular complexity index is 799. The fourth-order valence-corrected chi connectivity index (χ4v) is 3.23. The third-order valence-corrected chi connectivity index (χ3v) is 4.92. The summed E-state index contributed by atoms with van der Waals surface area (Å²) >= 11 is 0. The maximum absolute atomic E-state index is 12.3. The average molecular weight is 414 g/mol. The van der Waals surface area contributed by atoms with E-state index in [4.69, 9.17) is 4.74 Å². The number of anilines is 1. The standard InChI is InChI=1S/C18H23N3O4S.ClH/c1-25-14-13-19-11-12-20-18(22)15-7-9-17(10-8-15)26(23,24)21-16-5-3-2-4-6-16;/h2-10,19,21H,11-14H2,1H3,(H,20,22);1H. The summed E-state index contributed by atoms with van der Waals surface area (Å²) in [5.41, 5.74) is 0.885. The van der Waals surface area contributed by atoms with Gasteiger partial charge in [-0.3, -0.25) is 9.52 Å². The van der Waals surface area contributed by atoms with Crippen LogP contribution in [0, 0.1) is 0 Å². The van der Waals surface area contributed by atoms with Gasteiger partial charge in [0.2, 0.25) is 0 Å². The van der Waals surface area contributed by atoms with Crippen LogP contribution in [0.1, 0.15) is 10.4 Å². The number of nitrogens with one attached hydrogen (secondary N) is 3. The van der Waals surface area contributed by atoms with Gasteiger partial charge in [0.15, 0.2) is 0 Å². The van der Waals surface area contributed by atoms with E-state index in [2.05, 4.69) is 15.4 Å². The second-order valence-corrected chi connectivity index (χ2v) is 7.18. The Hall–Kier alpha value is -2.13. The summed E-state index contributed by atoms with van der Waals surface area (Å²) in [5, 5.41) is 5.88. The third-order valence-electron chi connectivity index (χ3n) is 3.52. The number of carbonyl (C=O) groups is 1. The van der Waals surface area contributed by atoms with E-state index in [0.29, 0.717) is 37.5 Å². The number of carbonyl (C=O) groups excluding carboxylic acids is 1. The lowest BCUT2D eigenvalue weighted by atomic mass is 10.2. The van der Waals surface area contributed by atoms with E-state index in [9.17, 15) is 13.2 Å². The van der Waals surface area contributed by atoms with Crippen molar-refractivity contribution in [2.45, 2.75) is 4.90 Å². The molecule has 0 aliphatic rings. The molecule has 0 aromatic heterocycles. The van der Waals surface area contributed by atoms with Crippen LogP contribution in [0.3, 0.4) is 0 Å². The molecule has 0 heterocycles. The zero-order valence-electron chi connectivity index (χ0n) is 15.0. The van der Waals surface area contributed by atoms with Crippen molar-refractivity contribution < 1.29 is 17.9 Å². The van der Waals surface area contributed by atoms with Gasteiger partial charge in [0, 0.05) is 38.0 Å². The first kappa shape index (κ1) is 22.9. The molecule has 0 aliphatic carbocycles. The monoisotopic (exact) mass is 413 g/mol. The molecule has 7 nitrogen and oxygen atoms in total. The lowest BCUT2D eigenvalue weighted by molar-refractivity contribution is 0.0953. The first-order valence-corrected chi connectivity index (χ1v) is 9.67. The van der Waals surface area contributed by atoms with Gasteiger partial charge in [0.05, 0.1) is 11.5 Å². The van der Waals surface area contributed by atoms with Gasteiger partial charge in [-0.1, -0.05) is 18.2 Å². The van der Waals surface area contributed by atoms with E-state index in [0.717, 1.165) is 0 Å². The fourth-order valence-electron chi connectivity index (χ4n) is 2.17. The molecule has 0 spiro atoms. The number of benzene rings is 2. The number of hydrogen-bond donors (Lipinski definition) is 3. The van der Waals surface area contributed by atoms with Gasteiger partial charge in [0.25, 0.3) is 15.9 Å². The van der Waals surface area contributed by atoms with Crippen LogP contribution in [-0.4, -0.2) is 47.7 Å². The van der Waals surface area contributed by atoms with Gasteiger partial charge in [-0.2, -0.15) is 0 Å². The lowest BCUT2D eigenvalue weighted by Crippen LogP contribution is -2.33. The molecule has 9 heteroatoms. The molecule has 0 atom stereocenters. The highest BCUT2D eigenvalue weighted by molar-refractivity contribution is 7.92. The summed E-state index contributed by atoms with van der Waals surface area (Å²) in [6.07, 6.45) is 0. The SMILES string of the molecule is COCCNCCNC(=O)c1ccc(S(=O)(=O)Nc2ccccc2)cc1.Cl. The lowest BCUT2D eigenvalue weighted by Gasteiger charge is -2.09. The number of methoxy groups -OCH3 is 1. The molecule has 2 aromatic carbocycles. The molecule has 27 heavy (non-hydrogen) atoms.